The van der Waals surface area contributed by atoms with Crippen LogP contribution in [0.15, 0.2) is 12.1 Å². The third-order valence-electron chi connectivity index (χ3n) is 3.85. The molecule has 0 saturated heterocycles. The molecule has 2 heteroatoms. The second-order valence-corrected chi connectivity index (χ2v) is 5.47. The van der Waals surface area contributed by atoms with Crippen LogP contribution in [-0.2, 0) is 6.42 Å². The first kappa shape index (κ1) is 12.4. The van der Waals surface area contributed by atoms with Gasteiger partial charge in [0.25, 0.3) is 0 Å². The summed E-state index contributed by atoms with van der Waals surface area (Å²) < 4.78 is 0. The fraction of sp³-hybridized carbons (Fsp3) is 0.600. The van der Waals surface area contributed by atoms with Gasteiger partial charge < -0.3 is 10.2 Å². The van der Waals surface area contributed by atoms with Gasteiger partial charge in [-0.2, -0.15) is 0 Å². The molecule has 1 fully saturated rings. The number of aromatic hydroxyl groups is 1. The van der Waals surface area contributed by atoms with Crippen molar-refractivity contribution in [2.45, 2.75) is 52.1 Å². The minimum atomic E-state index is -0.0981. The van der Waals surface area contributed by atoms with Crippen molar-refractivity contribution in [1.29, 1.82) is 0 Å². The number of benzene rings is 1. The lowest BCUT2D eigenvalue weighted by Gasteiger charge is -2.25. The van der Waals surface area contributed by atoms with Gasteiger partial charge in [0, 0.05) is 0 Å². The SMILES string of the molecule is Cc1cc(C)c(O)c(CC2CCC(O)CC2)c1. The van der Waals surface area contributed by atoms with Gasteiger partial charge >= 0.3 is 0 Å². The van der Waals surface area contributed by atoms with E-state index in [9.17, 15) is 10.2 Å². The molecule has 1 saturated carbocycles. The van der Waals surface area contributed by atoms with Gasteiger partial charge in [0.1, 0.15) is 5.75 Å². The van der Waals surface area contributed by atoms with Gasteiger partial charge in [0.05, 0.1) is 6.10 Å². The number of rotatable bonds is 2. The highest BCUT2D eigenvalue weighted by atomic mass is 16.3. The number of phenols is 1. The molecule has 2 N–H and O–H groups in total. The van der Waals surface area contributed by atoms with Crippen molar-refractivity contribution in [3.63, 3.8) is 0 Å². The Bertz CT molecular complexity index is 390. The highest BCUT2D eigenvalue weighted by Crippen LogP contribution is 2.32. The number of phenolic OH excluding ortho intramolecular Hbond substituents is 1. The van der Waals surface area contributed by atoms with E-state index in [1.165, 1.54) is 5.56 Å². The van der Waals surface area contributed by atoms with E-state index in [-0.39, 0.29) is 6.10 Å². The first-order valence-corrected chi connectivity index (χ1v) is 6.53. The largest absolute Gasteiger partial charge is 0.507 e. The highest BCUT2D eigenvalue weighted by molar-refractivity contribution is 5.42. The molecule has 2 nitrogen and oxygen atoms in total. The predicted octanol–water partition coefficient (Wildman–Crippen LogP) is 3.10. The van der Waals surface area contributed by atoms with E-state index < -0.39 is 0 Å². The highest BCUT2D eigenvalue weighted by Gasteiger charge is 2.20. The summed E-state index contributed by atoms with van der Waals surface area (Å²) in [6.07, 6.45) is 4.83. The average Bonchev–Trinajstić information content (AvgIpc) is 2.28. The van der Waals surface area contributed by atoms with E-state index in [0.29, 0.717) is 11.7 Å². The molecule has 1 aromatic rings. The zero-order valence-electron chi connectivity index (χ0n) is 10.7. The third kappa shape index (κ3) is 3.01. The molecule has 1 aliphatic rings. The molecule has 0 unspecified atom stereocenters. The molecule has 17 heavy (non-hydrogen) atoms. The van der Waals surface area contributed by atoms with Crippen LogP contribution in [0.5, 0.6) is 5.75 Å². The average molecular weight is 234 g/mol. The summed E-state index contributed by atoms with van der Waals surface area (Å²) >= 11 is 0. The molecule has 0 bridgehead atoms. The van der Waals surface area contributed by atoms with Gasteiger partial charge in [-0.15, -0.1) is 0 Å². The maximum absolute atomic E-state index is 10.1. The van der Waals surface area contributed by atoms with Crippen LogP contribution in [0.1, 0.15) is 42.4 Å². The standard InChI is InChI=1S/C15H22O2/c1-10-7-11(2)15(17)13(8-10)9-12-3-5-14(16)6-4-12/h7-8,12,14,16-17H,3-6,9H2,1-2H3. The van der Waals surface area contributed by atoms with Crippen molar-refractivity contribution in [2.75, 3.05) is 0 Å². The smallest absolute Gasteiger partial charge is 0.121 e. The Balaban J connectivity index is 2.08. The minimum absolute atomic E-state index is 0.0981. The third-order valence-corrected chi connectivity index (χ3v) is 3.85. The van der Waals surface area contributed by atoms with E-state index in [1.54, 1.807) is 0 Å². The van der Waals surface area contributed by atoms with Crippen molar-refractivity contribution >= 4 is 0 Å². The Morgan fingerprint density at radius 3 is 2.41 bits per heavy atom. The number of aliphatic hydroxyl groups is 1. The zero-order chi connectivity index (χ0) is 12.4. The van der Waals surface area contributed by atoms with Gasteiger partial charge in [0.2, 0.25) is 0 Å². The second kappa shape index (κ2) is 5.09. The molecule has 2 rings (SSSR count). The second-order valence-electron chi connectivity index (χ2n) is 5.47. The van der Waals surface area contributed by atoms with Gasteiger partial charge in [-0.3, -0.25) is 0 Å². The Kier molecular flexibility index (Phi) is 3.72. The van der Waals surface area contributed by atoms with Crippen molar-refractivity contribution in [3.05, 3.63) is 28.8 Å². The van der Waals surface area contributed by atoms with Crippen LogP contribution < -0.4 is 0 Å². The lowest BCUT2D eigenvalue weighted by atomic mass is 9.83. The molecular formula is C15H22O2. The van der Waals surface area contributed by atoms with Crippen LogP contribution in [0.3, 0.4) is 0 Å². The topological polar surface area (TPSA) is 40.5 Å². The van der Waals surface area contributed by atoms with E-state index in [2.05, 4.69) is 13.0 Å². The summed E-state index contributed by atoms with van der Waals surface area (Å²) in [5, 5.41) is 19.5. The molecule has 0 aliphatic heterocycles. The Labute approximate surface area is 103 Å². The first-order valence-electron chi connectivity index (χ1n) is 6.53. The molecule has 94 valence electrons. The van der Waals surface area contributed by atoms with E-state index >= 15 is 0 Å². The minimum Gasteiger partial charge on any atom is -0.507 e. The number of aryl methyl sites for hydroxylation is 2. The summed E-state index contributed by atoms with van der Waals surface area (Å²) in [6.45, 7) is 4.02. The molecule has 1 aliphatic carbocycles. The molecule has 0 aromatic heterocycles. The fourth-order valence-corrected chi connectivity index (χ4v) is 2.86. The first-order chi connectivity index (χ1) is 8.06. The van der Waals surface area contributed by atoms with Crippen LogP contribution in [-0.4, -0.2) is 16.3 Å². The molecule has 0 heterocycles. The van der Waals surface area contributed by atoms with Crippen molar-refractivity contribution in [3.8, 4) is 5.75 Å². The van der Waals surface area contributed by atoms with Crippen LogP contribution >= 0.6 is 0 Å². The summed E-state index contributed by atoms with van der Waals surface area (Å²) in [7, 11) is 0. The predicted molar refractivity (Wildman–Crippen MR) is 69.2 cm³/mol. The maximum atomic E-state index is 10.1. The van der Waals surface area contributed by atoms with Gasteiger partial charge in [-0.05, 0) is 63.0 Å². The van der Waals surface area contributed by atoms with Crippen molar-refractivity contribution in [2.24, 2.45) is 5.92 Å². The Hall–Kier alpha value is -1.02. The van der Waals surface area contributed by atoms with E-state index in [1.807, 2.05) is 13.0 Å². The van der Waals surface area contributed by atoms with Crippen molar-refractivity contribution < 1.29 is 10.2 Å². The number of aliphatic hydroxyl groups excluding tert-OH is 1. The van der Waals surface area contributed by atoms with Gasteiger partial charge in [-0.1, -0.05) is 17.7 Å². The van der Waals surface area contributed by atoms with Crippen LogP contribution in [0.25, 0.3) is 0 Å². The van der Waals surface area contributed by atoms with Crippen LogP contribution in [0.2, 0.25) is 0 Å². The van der Waals surface area contributed by atoms with E-state index in [0.717, 1.165) is 43.2 Å². The molecule has 0 amide bonds. The summed E-state index contributed by atoms with van der Waals surface area (Å²) in [6, 6.07) is 4.11. The maximum Gasteiger partial charge on any atom is 0.121 e. The van der Waals surface area contributed by atoms with Crippen LogP contribution in [0.4, 0.5) is 0 Å². The fourth-order valence-electron chi connectivity index (χ4n) is 2.86. The molecular weight excluding hydrogens is 212 g/mol. The molecule has 0 spiro atoms. The Morgan fingerprint density at radius 1 is 1.12 bits per heavy atom. The van der Waals surface area contributed by atoms with Gasteiger partial charge in [0.15, 0.2) is 0 Å². The monoisotopic (exact) mass is 234 g/mol. The molecule has 0 atom stereocenters. The van der Waals surface area contributed by atoms with Crippen molar-refractivity contribution in [1.82, 2.24) is 0 Å². The summed E-state index contributed by atoms with van der Waals surface area (Å²) in [5.41, 5.74) is 3.26. The molecule has 0 radical (unpaired) electrons. The quantitative estimate of drug-likeness (QED) is 0.825. The molecule has 1 aromatic carbocycles. The lowest BCUT2D eigenvalue weighted by Crippen LogP contribution is -2.19. The zero-order valence-corrected chi connectivity index (χ0v) is 10.7. The summed E-state index contributed by atoms with van der Waals surface area (Å²) in [4.78, 5) is 0. The normalized spacial score (nSPS) is 24.9. The van der Waals surface area contributed by atoms with Gasteiger partial charge in [-0.25, -0.2) is 0 Å². The number of hydrogen-bond donors (Lipinski definition) is 2. The van der Waals surface area contributed by atoms with Crippen LogP contribution in [0, 0.1) is 19.8 Å². The van der Waals surface area contributed by atoms with E-state index in [4.69, 9.17) is 0 Å². The summed E-state index contributed by atoms with van der Waals surface area (Å²) in [5.74, 6) is 1.08. The Morgan fingerprint density at radius 2 is 1.76 bits per heavy atom. The number of hydrogen-bond acceptors (Lipinski definition) is 2. The lowest BCUT2D eigenvalue weighted by molar-refractivity contribution is 0.108.